The van der Waals surface area contributed by atoms with E-state index in [1.165, 1.54) is 0 Å². The Labute approximate surface area is 118 Å². The molecule has 20 heavy (non-hydrogen) atoms. The van der Waals surface area contributed by atoms with E-state index < -0.39 is 5.54 Å². The number of ether oxygens (including phenoxy) is 2. The van der Waals surface area contributed by atoms with Crippen molar-refractivity contribution in [2.75, 3.05) is 27.4 Å². The maximum absolute atomic E-state index is 11.9. The number of carbonyl (C=O) groups excluding carboxylic acids is 1. The average Bonchev–Trinajstić information content (AvgIpc) is 2.84. The first kappa shape index (κ1) is 14.7. The van der Waals surface area contributed by atoms with E-state index >= 15 is 0 Å². The van der Waals surface area contributed by atoms with Crippen LogP contribution >= 0.6 is 0 Å². The van der Waals surface area contributed by atoms with Gasteiger partial charge in [-0.05, 0) is 25.5 Å². The first-order chi connectivity index (χ1) is 9.62. The molecule has 2 rings (SSSR count). The normalized spacial score (nSPS) is 22.9. The summed E-state index contributed by atoms with van der Waals surface area (Å²) in [6.07, 6.45) is 3.35. The van der Waals surface area contributed by atoms with Crippen LogP contribution in [-0.2, 0) is 16.1 Å². The molecule has 0 aliphatic carbocycles. The number of hydrogen-bond donors (Lipinski definition) is 1. The van der Waals surface area contributed by atoms with E-state index in [9.17, 15) is 4.79 Å². The summed E-state index contributed by atoms with van der Waals surface area (Å²) < 4.78 is 10.4. The van der Waals surface area contributed by atoms with Gasteiger partial charge in [-0.15, -0.1) is 0 Å². The summed E-state index contributed by atoms with van der Waals surface area (Å²) in [6.45, 7) is 1.68. The molecule has 1 aliphatic heterocycles. The van der Waals surface area contributed by atoms with Gasteiger partial charge in [0.2, 0.25) is 5.91 Å². The molecule has 0 radical (unpaired) electrons. The number of methoxy groups -OCH3 is 2. The summed E-state index contributed by atoms with van der Waals surface area (Å²) in [5.41, 5.74) is 5.75. The molecule has 1 saturated heterocycles. The van der Waals surface area contributed by atoms with Gasteiger partial charge in [0.15, 0.2) is 0 Å². The van der Waals surface area contributed by atoms with E-state index in [4.69, 9.17) is 15.2 Å². The predicted molar refractivity (Wildman–Crippen MR) is 74.2 cm³/mol. The number of nitrogens with zero attached hydrogens (tertiary/aromatic N) is 2. The van der Waals surface area contributed by atoms with Crippen molar-refractivity contribution in [3.05, 3.63) is 24.0 Å². The van der Waals surface area contributed by atoms with Crippen molar-refractivity contribution in [1.82, 2.24) is 9.88 Å². The predicted octanol–water partition coefficient (Wildman–Crippen LogP) is 0.557. The highest BCUT2D eigenvalue weighted by molar-refractivity contribution is 5.85. The van der Waals surface area contributed by atoms with Crippen LogP contribution < -0.4 is 10.5 Å². The molecule has 1 atom stereocenters. The Hall–Kier alpha value is -1.66. The fourth-order valence-corrected chi connectivity index (χ4v) is 2.78. The molecule has 2 heterocycles. The number of likely N-dealkylation sites (tertiary alicyclic amines) is 1. The van der Waals surface area contributed by atoms with E-state index in [1.807, 2.05) is 6.07 Å². The Morgan fingerprint density at radius 1 is 1.55 bits per heavy atom. The minimum Gasteiger partial charge on any atom is -0.497 e. The van der Waals surface area contributed by atoms with E-state index in [1.54, 1.807) is 26.5 Å². The molecule has 1 fully saturated rings. The van der Waals surface area contributed by atoms with Crippen LogP contribution in [0.2, 0.25) is 0 Å². The molecular weight excluding hydrogens is 258 g/mol. The highest BCUT2D eigenvalue weighted by Crippen LogP contribution is 2.31. The summed E-state index contributed by atoms with van der Waals surface area (Å²) in [5.74, 6) is 0.422. The summed E-state index contributed by atoms with van der Waals surface area (Å²) in [7, 11) is 3.21. The Morgan fingerprint density at radius 3 is 3.00 bits per heavy atom. The SMILES string of the molecule is COCC1(C(N)=O)CCCN1Cc1cc(OC)ccn1. The molecular formula is C14H21N3O3. The van der Waals surface area contributed by atoms with Crippen molar-refractivity contribution < 1.29 is 14.3 Å². The van der Waals surface area contributed by atoms with Gasteiger partial charge in [-0.1, -0.05) is 0 Å². The molecule has 1 unspecified atom stereocenters. The van der Waals surface area contributed by atoms with Crippen LogP contribution in [0, 0.1) is 0 Å². The topological polar surface area (TPSA) is 77.7 Å². The van der Waals surface area contributed by atoms with Crippen molar-refractivity contribution in [2.24, 2.45) is 5.73 Å². The van der Waals surface area contributed by atoms with Crippen LogP contribution in [0.1, 0.15) is 18.5 Å². The zero-order valence-corrected chi connectivity index (χ0v) is 12.0. The monoisotopic (exact) mass is 279 g/mol. The van der Waals surface area contributed by atoms with Gasteiger partial charge >= 0.3 is 0 Å². The third kappa shape index (κ3) is 2.76. The lowest BCUT2D eigenvalue weighted by Crippen LogP contribution is -2.56. The van der Waals surface area contributed by atoms with Gasteiger partial charge in [-0.25, -0.2) is 0 Å². The van der Waals surface area contributed by atoms with E-state index in [2.05, 4.69) is 9.88 Å². The number of rotatable bonds is 6. The smallest absolute Gasteiger partial charge is 0.240 e. The maximum Gasteiger partial charge on any atom is 0.240 e. The van der Waals surface area contributed by atoms with Gasteiger partial charge < -0.3 is 15.2 Å². The summed E-state index contributed by atoms with van der Waals surface area (Å²) in [4.78, 5) is 18.3. The largest absolute Gasteiger partial charge is 0.497 e. The summed E-state index contributed by atoms with van der Waals surface area (Å²) >= 11 is 0. The Balaban J connectivity index is 2.19. The second-order valence-electron chi connectivity index (χ2n) is 5.04. The zero-order chi connectivity index (χ0) is 14.6. The highest BCUT2D eigenvalue weighted by Gasteiger charge is 2.46. The standard InChI is InChI=1S/C14H21N3O3/c1-19-10-14(13(15)18)5-3-7-17(14)9-11-8-12(20-2)4-6-16-11/h4,6,8H,3,5,7,9-10H2,1-2H3,(H2,15,18). The lowest BCUT2D eigenvalue weighted by molar-refractivity contribution is -0.132. The lowest BCUT2D eigenvalue weighted by atomic mass is 9.96. The second-order valence-corrected chi connectivity index (χ2v) is 5.04. The van der Waals surface area contributed by atoms with E-state index in [0.29, 0.717) is 13.2 Å². The molecule has 0 aromatic carbocycles. The van der Waals surface area contributed by atoms with Crippen molar-refractivity contribution in [1.29, 1.82) is 0 Å². The van der Waals surface area contributed by atoms with Gasteiger partial charge in [0, 0.05) is 25.9 Å². The molecule has 1 aromatic rings. The molecule has 110 valence electrons. The second kappa shape index (κ2) is 6.19. The van der Waals surface area contributed by atoms with Crippen molar-refractivity contribution in [3.8, 4) is 5.75 Å². The average molecular weight is 279 g/mol. The minimum atomic E-state index is -0.723. The number of pyridine rings is 1. The van der Waals surface area contributed by atoms with Gasteiger partial charge in [-0.3, -0.25) is 14.7 Å². The van der Waals surface area contributed by atoms with Gasteiger partial charge in [-0.2, -0.15) is 0 Å². The van der Waals surface area contributed by atoms with Crippen LogP contribution in [0.25, 0.3) is 0 Å². The van der Waals surface area contributed by atoms with Crippen LogP contribution in [0.4, 0.5) is 0 Å². The number of hydrogen-bond acceptors (Lipinski definition) is 5. The molecule has 6 nitrogen and oxygen atoms in total. The lowest BCUT2D eigenvalue weighted by Gasteiger charge is -2.34. The molecule has 0 spiro atoms. The molecule has 1 aromatic heterocycles. The fourth-order valence-electron chi connectivity index (χ4n) is 2.78. The zero-order valence-electron chi connectivity index (χ0n) is 12.0. The molecule has 6 heteroatoms. The highest BCUT2D eigenvalue weighted by atomic mass is 16.5. The Bertz CT molecular complexity index is 480. The van der Waals surface area contributed by atoms with Gasteiger partial charge in [0.25, 0.3) is 0 Å². The van der Waals surface area contributed by atoms with Crippen LogP contribution in [0.3, 0.4) is 0 Å². The maximum atomic E-state index is 11.9. The summed E-state index contributed by atoms with van der Waals surface area (Å²) in [6, 6.07) is 3.67. The molecule has 0 bridgehead atoms. The number of primary amides is 1. The molecule has 1 amide bonds. The fraction of sp³-hybridized carbons (Fsp3) is 0.571. The number of nitrogens with two attached hydrogens (primary N) is 1. The number of carbonyl (C=O) groups is 1. The quantitative estimate of drug-likeness (QED) is 0.823. The molecule has 2 N–H and O–H groups in total. The third-order valence-electron chi connectivity index (χ3n) is 3.84. The third-order valence-corrected chi connectivity index (χ3v) is 3.84. The van der Waals surface area contributed by atoms with Crippen LogP contribution in [-0.4, -0.2) is 48.7 Å². The van der Waals surface area contributed by atoms with Crippen molar-refractivity contribution in [2.45, 2.75) is 24.9 Å². The molecule has 1 aliphatic rings. The Kier molecular flexibility index (Phi) is 4.57. The summed E-state index contributed by atoms with van der Waals surface area (Å²) in [5, 5.41) is 0. The van der Waals surface area contributed by atoms with E-state index in [-0.39, 0.29) is 5.91 Å². The van der Waals surface area contributed by atoms with Gasteiger partial charge in [0.05, 0.1) is 19.4 Å². The first-order valence-corrected chi connectivity index (χ1v) is 6.65. The van der Waals surface area contributed by atoms with Crippen molar-refractivity contribution >= 4 is 5.91 Å². The number of amides is 1. The first-order valence-electron chi connectivity index (χ1n) is 6.65. The van der Waals surface area contributed by atoms with E-state index in [0.717, 1.165) is 30.8 Å². The number of aromatic nitrogens is 1. The Morgan fingerprint density at radius 2 is 2.35 bits per heavy atom. The van der Waals surface area contributed by atoms with Crippen LogP contribution in [0.5, 0.6) is 5.75 Å². The minimum absolute atomic E-state index is 0.312. The van der Waals surface area contributed by atoms with Crippen LogP contribution in [0.15, 0.2) is 18.3 Å². The van der Waals surface area contributed by atoms with Gasteiger partial charge in [0.1, 0.15) is 11.3 Å². The molecule has 0 saturated carbocycles. The van der Waals surface area contributed by atoms with Crippen molar-refractivity contribution in [3.63, 3.8) is 0 Å².